The Bertz CT molecular complexity index is 469. The zero-order valence-corrected chi connectivity index (χ0v) is 14.8. The standard InChI is InChI=1S/C16H28N2O2S/c1-15(2,3)12(7-8-19)18-13(20)9-11-10-21-14(17-11)16(4,5)6/h10,12,19H,7-9H2,1-6H3,(H,18,20). The van der Waals surface area contributed by atoms with Crippen LogP contribution in [0.1, 0.15) is 58.7 Å². The number of carbonyl (C=O) groups excluding carboxylic acids is 1. The van der Waals surface area contributed by atoms with Gasteiger partial charge in [-0.25, -0.2) is 4.98 Å². The molecule has 1 rings (SSSR count). The number of hydrogen-bond donors (Lipinski definition) is 2. The van der Waals surface area contributed by atoms with Crippen molar-refractivity contribution in [2.24, 2.45) is 5.41 Å². The molecule has 1 atom stereocenters. The van der Waals surface area contributed by atoms with Crippen LogP contribution in [0.25, 0.3) is 0 Å². The van der Waals surface area contributed by atoms with E-state index in [0.717, 1.165) is 10.7 Å². The molecule has 0 saturated carbocycles. The molecule has 1 unspecified atom stereocenters. The topological polar surface area (TPSA) is 62.2 Å². The molecule has 2 N–H and O–H groups in total. The van der Waals surface area contributed by atoms with Crippen LogP contribution in [0.3, 0.4) is 0 Å². The van der Waals surface area contributed by atoms with Crippen molar-refractivity contribution < 1.29 is 9.90 Å². The highest BCUT2D eigenvalue weighted by molar-refractivity contribution is 7.09. The second-order valence-corrected chi connectivity index (χ2v) is 8.43. The summed E-state index contributed by atoms with van der Waals surface area (Å²) in [5, 5.41) is 15.2. The molecule has 21 heavy (non-hydrogen) atoms. The van der Waals surface area contributed by atoms with E-state index in [0.29, 0.717) is 12.8 Å². The maximum Gasteiger partial charge on any atom is 0.226 e. The van der Waals surface area contributed by atoms with Crippen molar-refractivity contribution >= 4 is 17.2 Å². The van der Waals surface area contributed by atoms with E-state index in [2.05, 4.69) is 51.8 Å². The van der Waals surface area contributed by atoms with Crippen molar-refractivity contribution in [3.8, 4) is 0 Å². The second-order valence-electron chi connectivity index (χ2n) is 7.57. The summed E-state index contributed by atoms with van der Waals surface area (Å²) in [7, 11) is 0. The van der Waals surface area contributed by atoms with Gasteiger partial charge in [0.25, 0.3) is 0 Å². The third kappa shape index (κ3) is 5.75. The van der Waals surface area contributed by atoms with Crippen LogP contribution in [0.15, 0.2) is 5.38 Å². The van der Waals surface area contributed by atoms with E-state index in [1.807, 2.05) is 5.38 Å². The van der Waals surface area contributed by atoms with Crippen LogP contribution in [0.4, 0.5) is 0 Å². The molecular formula is C16H28N2O2S. The van der Waals surface area contributed by atoms with Crippen LogP contribution in [0, 0.1) is 5.41 Å². The summed E-state index contributed by atoms with van der Waals surface area (Å²) in [4.78, 5) is 16.7. The Morgan fingerprint density at radius 3 is 2.38 bits per heavy atom. The zero-order valence-electron chi connectivity index (χ0n) is 14.0. The second kappa shape index (κ2) is 6.88. The van der Waals surface area contributed by atoms with Crippen molar-refractivity contribution in [2.45, 2.75) is 65.8 Å². The first kappa shape index (κ1) is 18.1. The molecule has 5 heteroatoms. The summed E-state index contributed by atoms with van der Waals surface area (Å²) in [5.74, 6) is -0.0332. The highest BCUT2D eigenvalue weighted by Gasteiger charge is 2.26. The van der Waals surface area contributed by atoms with Crippen molar-refractivity contribution in [1.29, 1.82) is 0 Å². The molecule has 120 valence electrons. The van der Waals surface area contributed by atoms with Gasteiger partial charge in [-0.2, -0.15) is 0 Å². The smallest absolute Gasteiger partial charge is 0.226 e. The number of carbonyl (C=O) groups is 1. The number of hydrogen-bond acceptors (Lipinski definition) is 4. The first-order chi connectivity index (χ1) is 9.54. The number of nitrogens with zero attached hydrogens (tertiary/aromatic N) is 1. The van der Waals surface area contributed by atoms with Gasteiger partial charge in [0.05, 0.1) is 17.1 Å². The lowest BCUT2D eigenvalue weighted by molar-refractivity contribution is -0.122. The number of aromatic nitrogens is 1. The number of aliphatic hydroxyl groups is 1. The molecular weight excluding hydrogens is 284 g/mol. The number of thiazole rings is 1. The zero-order chi connectivity index (χ0) is 16.3. The van der Waals surface area contributed by atoms with E-state index in [-0.39, 0.29) is 29.4 Å². The quantitative estimate of drug-likeness (QED) is 0.879. The molecule has 1 heterocycles. The molecule has 4 nitrogen and oxygen atoms in total. The van der Waals surface area contributed by atoms with Gasteiger partial charge in [0.15, 0.2) is 0 Å². The molecule has 0 saturated heterocycles. The Balaban J connectivity index is 2.66. The summed E-state index contributed by atoms with van der Waals surface area (Å²) in [6.07, 6.45) is 0.865. The highest BCUT2D eigenvalue weighted by atomic mass is 32.1. The average molecular weight is 312 g/mol. The molecule has 0 spiro atoms. The predicted octanol–water partition coefficient (Wildman–Crippen LogP) is 2.90. The van der Waals surface area contributed by atoms with E-state index in [1.165, 1.54) is 0 Å². The Kier molecular flexibility index (Phi) is 5.93. The Labute approximate surface area is 132 Å². The monoisotopic (exact) mass is 312 g/mol. The van der Waals surface area contributed by atoms with Crippen molar-refractivity contribution in [3.63, 3.8) is 0 Å². The maximum absolute atomic E-state index is 12.2. The van der Waals surface area contributed by atoms with Gasteiger partial charge >= 0.3 is 0 Å². The van der Waals surface area contributed by atoms with Crippen LogP contribution in [-0.2, 0) is 16.6 Å². The molecule has 0 aliphatic rings. The normalized spacial score (nSPS) is 14.0. The summed E-state index contributed by atoms with van der Waals surface area (Å²) >= 11 is 1.60. The van der Waals surface area contributed by atoms with E-state index < -0.39 is 0 Å². The van der Waals surface area contributed by atoms with Gasteiger partial charge in [-0.1, -0.05) is 41.5 Å². The molecule has 1 aromatic rings. The predicted molar refractivity (Wildman–Crippen MR) is 87.6 cm³/mol. The molecule has 0 aliphatic carbocycles. The number of nitrogens with one attached hydrogen (secondary N) is 1. The lowest BCUT2D eigenvalue weighted by Crippen LogP contribution is -2.44. The van der Waals surface area contributed by atoms with E-state index in [1.54, 1.807) is 11.3 Å². The maximum atomic E-state index is 12.2. The van der Waals surface area contributed by atoms with Crippen LogP contribution < -0.4 is 5.32 Å². The number of aliphatic hydroxyl groups excluding tert-OH is 1. The van der Waals surface area contributed by atoms with Gasteiger partial charge in [0.2, 0.25) is 5.91 Å². The van der Waals surface area contributed by atoms with Crippen LogP contribution >= 0.6 is 11.3 Å². The Morgan fingerprint density at radius 2 is 1.95 bits per heavy atom. The minimum atomic E-state index is -0.0724. The van der Waals surface area contributed by atoms with Crippen LogP contribution in [0.5, 0.6) is 0 Å². The van der Waals surface area contributed by atoms with Crippen molar-refractivity contribution in [2.75, 3.05) is 6.61 Å². The third-order valence-electron chi connectivity index (χ3n) is 3.33. The van der Waals surface area contributed by atoms with Gasteiger partial charge in [0, 0.05) is 23.4 Å². The van der Waals surface area contributed by atoms with Gasteiger partial charge in [0.1, 0.15) is 0 Å². The van der Waals surface area contributed by atoms with Crippen LogP contribution in [0.2, 0.25) is 0 Å². The molecule has 1 amide bonds. The van der Waals surface area contributed by atoms with Gasteiger partial charge in [-0.15, -0.1) is 11.3 Å². The van der Waals surface area contributed by atoms with Crippen LogP contribution in [-0.4, -0.2) is 28.6 Å². The minimum Gasteiger partial charge on any atom is -0.396 e. The molecule has 1 aromatic heterocycles. The minimum absolute atomic E-state index is 0.0181. The molecule has 0 aromatic carbocycles. The summed E-state index contributed by atoms with van der Waals surface area (Å²) in [6.45, 7) is 12.6. The van der Waals surface area contributed by atoms with E-state index >= 15 is 0 Å². The van der Waals surface area contributed by atoms with E-state index in [4.69, 9.17) is 5.11 Å². The lowest BCUT2D eigenvalue weighted by Gasteiger charge is -2.31. The van der Waals surface area contributed by atoms with Gasteiger partial charge in [-0.05, 0) is 11.8 Å². The summed E-state index contributed by atoms with van der Waals surface area (Å²) < 4.78 is 0. The van der Waals surface area contributed by atoms with Gasteiger partial charge < -0.3 is 10.4 Å². The Hall–Kier alpha value is -0.940. The molecule has 0 bridgehead atoms. The average Bonchev–Trinajstić information content (AvgIpc) is 2.75. The highest BCUT2D eigenvalue weighted by Crippen LogP contribution is 2.26. The van der Waals surface area contributed by atoms with E-state index in [9.17, 15) is 4.79 Å². The summed E-state index contributed by atoms with van der Waals surface area (Å²) in [6, 6.07) is -0.0317. The number of rotatable bonds is 5. The fraction of sp³-hybridized carbons (Fsp3) is 0.750. The first-order valence-corrected chi connectivity index (χ1v) is 8.27. The van der Waals surface area contributed by atoms with Crippen molar-refractivity contribution in [3.05, 3.63) is 16.1 Å². The fourth-order valence-corrected chi connectivity index (χ4v) is 2.90. The Morgan fingerprint density at radius 1 is 1.33 bits per heavy atom. The molecule has 0 aliphatic heterocycles. The van der Waals surface area contributed by atoms with Gasteiger partial charge in [-0.3, -0.25) is 4.79 Å². The molecule has 0 fully saturated rings. The summed E-state index contributed by atoms with van der Waals surface area (Å²) in [5.41, 5.74) is 0.764. The fourth-order valence-electron chi connectivity index (χ4n) is 1.99. The number of amides is 1. The SMILES string of the molecule is CC(C)(C)c1nc(CC(=O)NC(CCO)C(C)(C)C)cs1. The first-order valence-electron chi connectivity index (χ1n) is 7.39. The lowest BCUT2D eigenvalue weighted by atomic mass is 9.85. The third-order valence-corrected chi connectivity index (χ3v) is 4.65. The molecule has 0 radical (unpaired) electrons. The van der Waals surface area contributed by atoms with Crippen molar-refractivity contribution in [1.82, 2.24) is 10.3 Å². The largest absolute Gasteiger partial charge is 0.396 e.